The summed E-state index contributed by atoms with van der Waals surface area (Å²) in [5.74, 6) is -0.0855. The minimum Gasteiger partial charge on any atom is -0.351 e. The number of nitrogens with one attached hydrogen (secondary N) is 2. The maximum absolute atomic E-state index is 12.3. The van der Waals surface area contributed by atoms with Gasteiger partial charge >= 0.3 is 0 Å². The van der Waals surface area contributed by atoms with Gasteiger partial charge in [-0.25, -0.2) is 0 Å². The third-order valence-electron chi connectivity index (χ3n) is 3.78. The van der Waals surface area contributed by atoms with E-state index in [0.717, 1.165) is 30.8 Å². The van der Waals surface area contributed by atoms with Crippen LogP contribution in [0.5, 0.6) is 0 Å². The van der Waals surface area contributed by atoms with Crippen molar-refractivity contribution in [3.8, 4) is 0 Å². The first kappa shape index (κ1) is 18.6. The van der Waals surface area contributed by atoms with Crippen molar-refractivity contribution in [3.63, 3.8) is 0 Å². The maximum Gasteiger partial charge on any atom is 0.252 e. The Bertz CT molecular complexity index is 491. The first-order valence-corrected chi connectivity index (χ1v) is 8.47. The number of hydrogen-bond acceptors (Lipinski definition) is 3. The van der Waals surface area contributed by atoms with Crippen LogP contribution in [0.25, 0.3) is 0 Å². The minimum absolute atomic E-state index is 0. The summed E-state index contributed by atoms with van der Waals surface area (Å²) in [7, 11) is 0. The topological polar surface area (TPSA) is 41.1 Å². The van der Waals surface area contributed by atoms with E-state index in [2.05, 4.69) is 17.6 Å². The third kappa shape index (κ3) is 5.06. The second-order valence-corrected chi connectivity index (χ2v) is 6.91. The first-order valence-electron chi connectivity index (χ1n) is 6.86. The molecule has 1 fully saturated rings. The van der Waals surface area contributed by atoms with E-state index < -0.39 is 0 Å². The summed E-state index contributed by atoms with van der Waals surface area (Å²) in [6.07, 6.45) is 4.29. The summed E-state index contributed by atoms with van der Waals surface area (Å²) in [6, 6.07) is 5.56. The van der Waals surface area contributed by atoms with E-state index >= 15 is 0 Å². The molecule has 1 heterocycles. The quantitative estimate of drug-likeness (QED) is 0.816. The predicted octanol–water partition coefficient (Wildman–Crippen LogP) is 3.60. The predicted molar refractivity (Wildman–Crippen MR) is 93.0 cm³/mol. The zero-order valence-corrected chi connectivity index (χ0v) is 14.8. The van der Waals surface area contributed by atoms with Crippen LogP contribution in [0.4, 0.5) is 0 Å². The molecule has 1 amide bonds. The van der Waals surface area contributed by atoms with Crippen LogP contribution in [-0.4, -0.2) is 31.8 Å². The van der Waals surface area contributed by atoms with E-state index in [1.165, 1.54) is 0 Å². The average molecular weight is 349 g/mol. The molecule has 1 aliphatic heterocycles. The minimum atomic E-state index is -0.0855. The molecule has 0 aromatic heterocycles. The molecule has 1 saturated heterocycles. The van der Waals surface area contributed by atoms with Gasteiger partial charge in [0.2, 0.25) is 0 Å². The largest absolute Gasteiger partial charge is 0.351 e. The Morgan fingerprint density at radius 1 is 1.52 bits per heavy atom. The van der Waals surface area contributed by atoms with Crippen LogP contribution in [0.15, 0.2) is 23.1 Å². The molecule has 1 aromatic carbocycles. The van der Waals surface area contributed by atoms with Crippen LogP contribution in [0, 0.1) is 5.41 Å². The summed E-state index contributed by atoms with van der Waals surface area (Å²) < 4.78 is 0. The van der Waals surface area contributed by atoms with Gasteiger partial charge < -0.3 is 10.6 Å². The van der Waals surface area contributed by atoms with E-state index in [1.54, 1.807) is 17.8 Å². The van der Waals surface area contributed by atoms with Gasteiger partial charge in [-0.2, -0.15) is 0 Å². The molecule has 2 rings (SSSR count). The molecule has 1 aliphatic rings. The van der Waals surface area contributed by atoms with Crippen LogP contribution < -0.4 is 10.6 Å². The van der Waals surface area contributed by atoms with Gasteiger partial charge in [0.1, 0.15) is 0 Å². The summed E-state index contributed by atoms with van der Waals surface area (Å²) in [6.45, 7) is 4.91. The van der Waals surface area contributed by atoms with Crippen LogP contribution in [0.2, 0.25) is 5.02 Å². The van der Waals surface area contributed by atoms with Crippen LogP contribution >= 0.6 is 35.8 Å². The molecule has 118 valence electrons. The number of hydrogen-bond donors (Lipinski definition) is 2. The highest BCUT2D eigenvalue weighted by Gasteiger charge is 2.27. The molecule has 2 N–H and O–H groups in total. The van der Waals surface area contributed by atoms with Crippen LogP contribution in [-0.2, 0) is 0 Å². The summed E-state index contributed by atoms with van der Waals surface area (Å²) in [4.78, 5) is 13.3. The van der Waals surface area contributed by atoms with Gasteiger partial charge in [-0.05, 0) is 49.3 Å². The van der Waals surface area contributed by atoms with Crippen molar-refractivity contribution in [2.75, 3.05) is 25.9 Å². The third-order valence-corrected chi connectivity index (χ3v) is 4.83. The van der Waals surface area contributed by atoms with E-state index in [4.69, 9.17) is 11.6 Å². The summed E-state index contributed by atoms with van der Waals surface area (Å²) in [5.41, 5.74) is 0.697. The zero-order chi connectivity index (χ0) is 14.6. The number of piperidine rings is 1. The van der Waals surface area contributed by atoms with Gasteiger partial charge in [0.05, 0.1) is 10.6 Å². The fourth-order valence-electron chi connectivity index (χ4n) is 2.46. The van der Waals surface area contributed by atoms with Gasteiger partial charge in [-0.15, -0.1) is 24.2 Å². The maximum atomic E-state index is 12.3. The molecule has 0 aliphatic carbocycles. The highest BCUT2D eigenvalue weighted by Crippen LogP contribution is 2.26. The van der Waals surface area contributed by atoms with Crippen molar-refractivity contribution in [1.82, 2.24) is 10.6 Å². The number of carbonyl (C=O) groups is 1. The molecular weight excluding hydrogens is 327 g/mol. The normalized spacial score (nSPS) is 21.5. The van der Waals surface area contributed by atoms with Gasteiger partial charge in [0.25, 0.3) is 5.91 Å². The van der Waals surface area contributed by atoms with Gasteiger partial charge in [0.15, 0.2) is 0 Å². The molecule has 1 unspecified atom stereocenters. The molecule has 1 atom stereocenters. The number of amides is 1. The van der Waals surface area contributed by atoms with E-state index in [1.807, 2.05) is 18.4 Å². The molecule has 0 saturated carbocycles. The number of thioether (sulfide) groups is 1. The highest BCUT2D eigenvalue weighted by molar-refractivity contribution is 7.98. The Kier molecular flexibility index (Phi) is 7.34. The monoisotopic (exact) mass is 348 g/mol. The Morgan fingerprint density at radius 2 is 2.29 bits per heavy atom. The van der Waals surface area contributed by atoms with Gasteiger partial charge in [-0.1, -0.05) is 18.5 Å². The van der Waals surface area contributed by atoms with Crippen molar-refractivity contribution in [2.24, 2.45) is 5.41 Å². The number of benzene rings is 1. The van der Waals surface area contributed by atoms with Crippen molar-refractivity contribution in [3.05, 3.63) is 28.8 Å². The molecule has 0 radical (unpaired) electrons. The number of rotatable bonds is 4. The smallest absolute Gasteiger partial charge is 0.252 e. The van der Waals surface area contributed by atoms with E-state index in [9.17, 15) is 4.79 Å². The Morgan fingerprint density at radius 3 is 2.90 bits per heavy atom. The lowest BCUT2D eigenvalue weighted by Crippen LogP contribution is -2.45. The molecule has 0 spiro atoms. The fraction of sp³-hybridized carbons (Fsp3) is 0.533. The van der Waals surface area contributed by atoms with Gasteiger partial charge in [0, 0.05) is 18.0 Å². The Labute approximate surface area is 142 Å². The van der Waals surface area contributed by atoms with Crippen molar-refractivity contribution in [2.45, 2.75) is 24.7 Å². The zero-order valence-electron chi connectivity index (χ0n) is 12.4. The molecule has 1 aromatic rings. The van der Waals surface area contributed by atoms with Crippen molar-refractivity contribution in [1.29, 1.82) is 0 Å². The lowest BCUT2D eigenvalue weighted by atomic mass is 9.83. The fourth-order valence-corrected chi connectivity index (χ4v) is 3.11. The SMILES string of the molecule is CSc1ccc(Cl)c(C(=O)NCC2(C)CCCNC2)c1.Cl. The van der Waals surface area contributed by atoms with E-state index in [0.29, 0.717) is 17.1 Å². The lowest BCUT2D eigenvalue weighted by molar-refractivity contribution is 0.0924. The van der Waals surface area contributed by atoms with Crippen LogP contribution in [0.1, 0.15) is 30.1 Å². The second kappa shape index (κ2) is 8.28. The second-order valence-electron chi connectivity index (χ2n) is 5.62. The Balaban J connectivity index is 0.00000220. The van der Waals surface area contributed by atoms with Crippen molar-refractivity contribution < 1.29 is 4.79 Å². The Hall–Kier alpha value is -0.420. The average Bonchev–Trinajstić information content (AvgIpc) is 2.46. The first-order chi connectivity index (χ1) is 9.54. The lowest BCUT2D eigenvalue weighted by Gasteiger charge is -2.34. The highest BCUT2D eigenvalue weighted by atomic mass is 35.5. The standard InChI is InChI=1S/C15H21ClN2OS.ClH/c1-15(6-3-7-17-9-15)10-18-14(19)12-8-11(20-2)4-5-13(12)16;/h4-5,8,17H,3,6-7,9-10H2,1-2H3,(H,18,19);1H. The molecule has 6 heteroatoms. The van der Waals surface area contributed by atoms with Crippen LogP contribution in [0.3, 0.4) is 0 Å². The summed E-state index contributed by atoms with van der Waals surface area (Å²) >= 11 is 7.73. The molecule has 0 bridgehead atoms. The van der Waals surface area contributed by atoms with Crippen molar-refractivity contribution >= 4 is 41.7 Å². The molecule has 21 heavy (non-hydrogen) atoms. The molecular formula is C15H22Cl2N2OS. The van der Waals surface area contributed by atoms with Gasteiger partial charge in [-0.3, -0.25) is 4.79 Å². The number of carbonyl (C=O) groups excluding carboxylic acids is 1. The summed E-state index contributed by atoms with van der Waals surface area (Å²) in [5, 5.41) is 6.92. The number of halogens is 2. The molecule has 3 nitrogen and oxygen atoms in total. The van der Waals surface area contributed by atoms with E-state index in [-0.39, 0.29) is 23.7 Å².